The van der Waals surface area contributed by atoms with Gasteiger partial charge in [-0.05, 0) is 15.9 Å². The molecule has 0 fully saturated rings. The highest BCUT2D eigenvalue weighted by Crippen LogP contribution is 2.34. The number of nitrogens with zero attached hydrogens (tertiary/aromatic N) is 4. The molecule has 0 aliphatic carbocycles. The lowest BCUT2D eigenvalue weighted by atomic mass is 10.1. The molecule has 0 unspecified atom stereocenters. The molecular formula is C10H9BrF4N4O2. The Bertz CT molecular complexity index is 606. The second-order valence-electron chi connectivity index (χ2n) is 4.36. The van der Waals surface area contributed by atoms with Crippen molar-refractivity contribution < 1.29 is 27.5 Å². The number of rotatable bonds is 3. The third kappa shape index (κ3) is 2.67. The summed E-state index contributed by atoms with van der Waals surface area (Å²) >= 11 is 2.99. The fourth-order valence-corrected chi connectivity index (χ4v) is 2.35. The van der Waals surface area contributed by atoms with Crippen molar-refractivity contribution in [3.05, 3.63) is 16.4 Å². The van der Waals surface area contributed by atoms with E-state index in [1.807, 2.05) is 0 Å². The summed E-state index contributed by atoms with van der Waals surface area (Å²) in [4.78, 5) is 12.1. The number of aliphatic hydroxyl groups is 1. The maximum Gasteiger partial charge on any atom is 0.298 e. The Hall–Kier alpha value is -1.49. The summed E-state index contributed by atoms with van der Waals surface area (Å²) in [6.45, 7) is 0. The molecule has 6 nitrogen and oxygen atoms in total. The van der Waals surface area contributed by atoms with Gasteiger partial charge < -0.3 is 5.11 Å². The molecule has 0 saturated heterocycles. The zero-order chi connectivity index (χ0) is 15.9. The molecule has 2 heterocycles. The minimum absolute atomic E-state index is 0.0355. The van der Waals surface area contributed by atoms with E-state index < -0.39 is 36.6 Å². The second kappa shape index (κ2) is 5.37. The number of hydrogen-bond acceptors (Lipinski definition) is 4. The summed E-state index contributed by atoms with van der Waals surface area (Å²) in [5, 5.41) is 16.7. The van der Waals surface area contributed by atoms with E-state index in [-0.39, 0.29) is 15.2 Å². The van der Waals surface area contributed by atoms with E-state index in [4.69, 9.17) is 0 Å². The topological polar surface area (TPSA) is 70.7 Å². The van der Waals surface area contributed by atoms with Crippen molar-refractivity contribution in [2.75, 3.05) is 0 Å². The quantitative estimate of drug-likeness (QED) is 0.819. The highest BCUT2D eigenvalue weighted by molar-refractivity contribution is 9.10. The Labute approximate surface area is 124 Å². The van der Waals surface area contributed by atoms with Crippen molar-refractivity contribution in [1.82, 2.24) is 14.8 Å². The van der Waals surface area contributed by atoms with Crippen LogP contribution >= 0.6 is 15.9 Å². The van der Waals surface area contributed by atoms with Crippen molar-refractivity contribution in [1.29, 1.82) is 0 Å². The van der Waals surface area contributed by atoms with Gasteiger partial charge in [-0.2, -0.15) is 15.2 Å². The summed E-state index contributed by atoms with van der Waals surface area (Å²) in [5.74, 6) is -1.21. The van der Waals surface area contributed by atoms with E-state index in [9.17, 15) is 27.5 Å². The van der Waals surface area contributed by atoms with Crippen molar-refractivity contribution >= 4 is 27.5 Å². The molecule has 1 atom stereocenters. The SMILES string of the molecule is Cn1cc(Br)c(C(=O)N2N=C(C(F)F)C[C@@]2(O)C(F)F)n1. The Morgan fingerprint density at radius 3 is 2.52 bits per heavy atom. The van der Waals surface area contributed by atoms with E-state index >= 15 is 0 Å². The number of carbonyl (C=O) groups excluding carboxylic acids is 1. The summed E-state index contributed by atoms with van der Waals surface area (Å²) in [6.07, 6.45) is -6.38. The van der Waals surface area contributed by atoms with Crippen LogP contribution in [0.5, 0.6) is 0 Å². The first-order valence-corrected chi connectivity index (χ1v) is 6.36. The van der Waals surface area contributed by atoms with Gasteiger partial charge in [-0.1, -0.05) is 0 Å². The molecular weight excluding hydrogens is 364 g/mol. The summed E-state index contributed by atoms with van der Waals surface area (Å²) in [7, 11) is 1.47. The molecule has 1 aliphatic rings. The van der Waals surface area contributed by atoms with Gasteiger partial charge in [-0.25, -0.2) is 17.6 Å². The van der Waals surface area contributed by atoms with Gasteiger partial charge in [0.25, 0.3) is 18.8 Å². The predicted octanol–water partition coefficient (Wildman–Crippen LogP) is 1.60. The fourth-order valence-electron chi connectivity index (χ4n) is 1.81. The molecule has 1 aromatic heterocycles. The number of hydrogen-bond donors (Lipinski definition) is 1. The van der Waals surface area contributed by atoms with Gasteiger partial charge >= 0.3 is 0 Å². The molecule has 116 valence electrons. The lowest BCUT2D eigenvalue weighted by Crippen LogP contribution is -2.51. The largest absolute Gasteiger partial charge is 0.364 e. The standard InChI is InChI=1S/C10H9BrF4N4O2/c1-18-3-4(11)6(17-18)8(20)19-10(21,9(14)15)2-5(16-19)7(12)13/h3,7,9,21H,2H2,1H3/t10-/m1/s1. The Kier molecular flexibility index (Phi) is 4.06. The third-order valence-electron chi connectivity index (χ3n) is 2.82. The Morgan fingerprint density at radius 1 is 1.48 bits per heavy atom. The number of carbonyl (C=O) groups is 1. The van der Waals surface area contributed by atoms with Crippen LogP contribution < -0.4 is 0 Å². The third-order valence-corrected chi connectivity index (χ3v) is 3.40. The molecule has 2 rings (SSSR count). The molecule has 1 aromatic rings. The molecule has 0 spiro atoms. The Balaban J connectivity index is 2.43. The zero-order valence-electron chi connectivity index (χ0n) is 10.5. The molecule has 1 aliphatic heterocycles. The fraction of sp³-hybridized carbons (Fsp3) is 0.500. The molecule has 1 amide bonds. The molecule has 11 heteroatoms. The van der Waals surface area contributed by atoms with Crippen LogP contribution in [0.15, 0.2) is 15.8 Å². The maximum atomic E-state index is 13.0. The molecule has 21 heavy (non-hydrogen) atoms. The van der Waals surface area contributed by atoms with Crippen LogP contribution in [0.25, 0.3) is 0 Å². The van der Waals surface area contributed by atoms with Crippen LogP contribution in [-0.4, -0.2) is 50.1 Å². The van der Waals surface area contributed by atoms with E-state index in [0.29, 0.717) is 0 Å². The van der Waals surface area contributed by atoms with E-state index in [1.165, 1.54) is 17.9 Å². The zero-order valence-corrected chi connectivity index (χ0v) is 12.1. The van der Waals surface area contributed by atoms with Gasteiger partial charge in [0.2, 0.25) is 5.72 Å². The highest BCUT2D eigenvalue weighted by Gasteiger charge is 2.54. The minimum atomic E-state index is -3.47. The van der Waals surface area contributed by atoms with Crippen LogP contribution in [0.1, 0.15) is 16.9 Å². The number of amides is 1. The number of alkyl halides is 4. The van der Waals surface area contributed by atoms with Crippen molar-refractivity contribution in [3.63, 3.8) is 0 Å². The number of hydrazone groups is 1. The maximum absolute atomic E-state index is 13.0. The van der Waals surface area contributed by atoms with Crippen LogP contribution in [0.2, 0.25) is 0 Å². The van der Waals surface area contributed by atoms with Gasteiger partial charge in [0.15, 0.2) is 5.69 Å². The smallest absolute Gasteiger partial charge is 0.298 e. The lowest BCUT2D eigenvalue weighted by Gasteiger charge is -2.29. The monoisotopic (exact) mass is 372 g/mol. The number of aromatic nitrogens is 2. The van der Waals surface area contributed by atoms with Crippen LogP contribution in [0, 0.1) is 0 Å². The first-order valence-electron chi connectivity index (χ1n) is 5.56. The van der Waals surface area contributed by atoms with Gasteiger partial charge in [0, 0.05) is 19.7 Å². The first kappa shape index (κ1) is 15.9. The van der Waals surface area contributed by atoms with Crippen molar-refractivity contribution in [2.45, 2.75) is 25.0 Å². The van der Waals surface area contributed by atoms with E-state index in [0.717, 1.165) is 0 Å². The Morgan fingerprint density at radius 2 is 2.10 bits per heavy atom. The van der Waals surface area contributed by atoms with Crippen LogP contribution in [-0.2, 0) is 7.05 Å². The number of halogens is 5. The average molecular weight is 373 g/mol. The first-order chi connectivity index (χ1) is 9.66. The van der Waals surface area contributed by atoms with Gasteiger partial charge in [0.05, 0.1) is 4.47 Å². The van der Waals surface area contributed by atoms with Crippen LogP contribution in [0.4, 0.5) is 17.6 Å². The highest BCUT2D eigenvalue weighted by atomic mass is 79.9. The molecule has 0 radical (unpaired) electrons. The van der Waals surface area contributed by atoms with E-state index in [2.05, 4.69) is 26.1 Å². The number of aryl methyl sites for hydroxylation is 1. The summed E-state index contributed by atoms with van der Waals surface area (Å²) < 4.78 is 52.6. The second-order valence-corrected chi connectivity index (χ2v) is 5.22. The van der Waals surface area contributed by atoms with Gasteiger partial charge in [-0.3, -0.25) is 9.48 Å². The predicted molar refractivity (Wildman–Crippen MR) is 66.1 cm³/mol. The summed E-state index contributed by atoms with van der Waals surface area (Å²) in [5.41, 5.74) is -4.42. The molecule has 0 aromatic carbocycles. The minimum Gasteiger partial charge on any atom is -0.364 e. The van der Waals surface area contributed by atoms with Gasteiger partial charge in [0.1, 0.15) is 5.71 Å². The van der Waals surface area contributed by atoms with Crippen molar-refractivity contribution in [2.24, 2.45) is 12.1 Å². The normalized spacial score (nSPS) is 22.3. The van der Waals surface area contributed by atoms with Gasteiger partial charge in [-0.15, -0.1) is 0 Å². The lowest BCUT2D eigenvalue weighted by molar-refractivity contribution is -0.164. The van der Waals surface area contributed by atoms with Crippen molar-refractivity contribution in [3.8, 4) is 0 Å². The molecule has 1 N–H and O–H groups in total. The van der Waals surface area contributed by atoms with E-state index in [1.54, 1.807) is 0 Å². The average Bonchev–Trinajstić information content (AvgIpc) is 2.90. The summed E-state index contributed by atoms with van der Waals surface area (Å²) in [6, 6.07) is 0. The molecule has 0 saturated carbocycles. The van der Waals surface area contributed by atoms with Crippen LogP contribution in [0.3, 0.4) is 0 Å². The molecule has 0 bridgehead atoms.